The van der Waals surface area contributed by atoms with Crippen molar-refractivity contribution in [2.45, 2.75) is 54.7 Å². The molecule has 1 aliphatic heterocycles. The molecule has 1 N–H and O–H groups in total. The lowest BCUT2D eigenvalue weighted by atomic mass is 10.1. The van der Waals surface area contributed by atoms with Crippen LogP contribution in [0.1, 0.15) is 44.0 Å². The lowest BCUT2D eigenvalue weighted by Gasteiger charge is -2.33. The fourth-order valence-electron chi connectivity index (χ4n) is 4.01. The Morgan fingerprint density at radius 1 is 1.27 bits per heavy atom. The highest BCUT2D eigenvalue weighted by Crippen LogP contribution is 2.38. The van der Waals surface area contributed by atoms with Crippen molar-refractivity contribution in [3.63, 3.8) is 0 Å². The maximum atomic E-state index is 13.2. The zero-order valence-electron chi connectivity index (χ0n) is 18.2. The van der Waals surface area contributed by atoms with Crippen LogP contribution in [-0.4, -0.2) is 58.1 Å². The van der Waals surface area contributed by atoms with Crippen LogP contribution >= 0.6 is 23.1 Å². The molecule has 3 aromatic rings. The van der Waals surface area contributed by atoms with Crippen LogP contribution in [-0.2, 0) is 10.0 Å². The van der Waals surface area contributed by atoms with Crippen LogP contribution in [0.4, 0.5) is 14.5 Å². The number of nitrogens with zero attached hydrogens (tertiary/aromatic N) is 5. The Balaban J connectivity index is 1.62. The van der Waals surface area contributed by atoms with Crippen molar-refractivity contribution in [1.82, 2.24) is 24.3 Å². The molecule has 1 saturated heterocycles. The van der Waals surface area contributed by atoms with Crippen LogP contribution in [0.25, 0.3) is 16.3 Å². The average molecular weight is 515 g/mol. The molecule has 178 valence electrons. The SMILES string of the molecule is CSC1CCN(c2cc(S(=O)(=O)NC3(C)CC3)cn3c(-c4nnc(C(F)F)s4)cnc23)CC1. The van der Waals surface area contributed by atoms with Gasteiger partial charge in [-0.25, -0.2) is 26.9 Å². The number of halogens is 2. The lowest BCUT2D eigenvalue weighted by molar-refractivity contribution is 0.150. The molecule has 8 nitrogen and oxygen atoms in total. The fourth-order valence-corrected chi connectivity index (χ4v) is 6.88. The highest BCUT2D eigenvalue weighted by Gasteiger charge is 2.41. The molecule has 33 heavy (non-hydrogen) atoms. The second-order valence-electron chi connectivity index (χ2n) is 8.73. The first-order chi connectivity index (χ1) is 15.7. The van der Waals surface area contributed by atoms with E-state index in [1.54, 1.807) is 10.5 Å². The van der Waals surface area contributed by atoms with Crippen LogP contribution in [0.5, 0.6) is 0 Å². The molecule has 0 unspecified atom stereocenters. The molecule has 0 amide bonds. The standard InChI is InChI=1S/C20H24F2N6O2S3/c1-20(5-6-20)26-33(29,30)13-9-14(27-7-3-12(31-2)4-8-27)17-23-10-15(28(17)11-13)18-24-25-19(32-18)16(21)22/h9-12,16,26H,3-8H2,1-2H3. The number of nitrogens with one attached hydrogen (secondary N) is 1. The number of alkyl halides is 2. The summed E-state index contributed by atoms with van der Waals surface area (Å²) in [7, 11) is -3.79. The van der Waals surface area contributed by atoms with E-state index >= 15 is 0 Å². The van der Waals surface area contributed by atoms with Crippen molar-refractivity contribution in [3.8, 4) is 10.7 Å². The Hall–Kier alpha value is -1.83. The second-order valence-corrected chi connectivity index (χ2v) is 12.6. The number of anilines is 1. The van der Waals surface area contributed by atoms with Crippen LogP contribution in [0.2, 0.25) is 0 Å². The number of pyridine rings is 1. The molecule has 0 atom stereocenters. The molecule has 1 aliphatic carbocycles. The van der Waals surface area contributed by atoms with Crippen LogP contribution in [0.15, 0.2) is 23.4 Å². The molecule has 13 heteroatoms. The lowest BCUT2D eigenvalue weighted by Crippen LogP contribution is -2.36. The second kappa shape index (κ2) is 8.43. The molecule has 5 rings (SSSR count). The van der Waals surface area contributed by atoms with E-state index in [1.807, 2.05) is 18.7 Å². The first-order valence-electron chi connectivity index (χ1n) is 10.6. The Kier molecular flexibility index (Phi) is 5.86. The van der Waals surface area contributed by atoms with E-state index < -0.39 is 22.0 Å². The Morgan fingerprint density at radius 3 is 2.61 bits per heavy atom. The molecular formula is C20H24F2N6O2S3. The largest absolute Gasteiger partial charge is 0.368 e. The zero-order chi connectivity index (χ0) is 23.4. The molecule has 0 radical (unpaired) electrons. The summed E-state index contributed by atoms with van der Waals surface area (Å²) in [6, 6.07) is 1.67. The number of hydrogen-bond donors (Lipinski definition) is 1. The van der Waals surface area contributed by atoms with E-state index in [2.05, 4.69) is 31.1 Å². The number of fused-ring (bicyclic) bond motifs is 1. The van der Waals surface area contributed by atoms with Gasteiger partial charge in [0.15, 0.2) is 15.7 Å². The molecule has 1 saturated carbocycles. The smallest absolute Gasteiger partial charge is 0.291 e. The van der Waals surface area contributed by atoms with Crippen molar-refractivity contribution in [3.05, 3.63) is 23.5 Å². The minimum absolute atomic E-state index is 0.114. The van der Waals surface area contributed by atoms with Crippen molar-refractivity contribution in [1.29, 1.82) is 0 Å². The maximum Gasteiger partial charge on any atom is 0.291 e. The predicted octanol–water partition coefficient (Wildman–Crippen LogP) is 3.95. The first kappa shape index (κ1) is 22.9. The van der Waals surface area contributed by atoms with Gasteiger partial charge in [0.2, 0.25) is 10.0 Å². The van der Waals surface area contributed by atoms with Crippen molar-refractivity contribution in [2.24, 2.45) is 0 Å². The Bertz CT molecular complexity index is 1280. The maximum absolute atomic E-state index is 13.2. The van der Waals surface area contributed by atoms with Gasteiger partial charge in [-0.1, -0.05) is 11.3 Å². The number of hydrogen-bond acceptors (Lipinski definition) is 8. The Labute approximate surface area is 198 Å². The van der Waals surface area contributed by atoms with Gasteiger partial charge in [-0.3, -0.25) is 4.40 Å². The van der Waals surface area contributed by atoms with Crippen LogP contribution in [0.3, 0.4) is 0 Å². The summed E-state index contributed by atoms with van der Waals surface area (Å²) in [5.74, 6) is 0. The highest BCUT2D eigenvalue weighted by molar-refractivity contribution is 7.99. The number of imidazole rings is 1. The topological polar surface area (TPSA) is 92.5 Å². The fraction of sp³-hybridized carbons (Fsp3) is 0.550. The number of thioether (sulfide) groups is 1. The zero-order valence-corrected chi connectivity index (χ0v) is 20.6. The molecule has 0 aromatic carbocycles. The Morgan fingerprint density at radius 2 is 2.00 bits per heavy atom. The monoisotopic (exact) mass is 514 g/mol. The van der Waals surface area contributed by atoms with Gasteiger partial charge in [-0.2, -0.15) is 11.8 Å². The van der Waals surface area contributed by atoms with Crippen molar-refractivity contribution < 1.29 is 17.2 Å². The summed E-state index contributed by atoms with van der Waals surface area (Å²) >= 11 is 2.62. The van der Waals surface area contributed by atoms with Crippen LogP contribution in [0, 0.1) is 0 Å². The number of sulfonamides is 1. The molecule has 4 heterocycles. The van der Waals surface area contributed by atoms with Gasteiger partial charge in [-0.05, 0) is 44.9 Å². The average Bonchev–Trinajstić information content (AvgIpc) is 3.19. The third kappa shape index (κ3) is 4.47. The van der Waals surface area contributed by atoms with E-state index in [-0.39, 0.29) is 14.9 Å². The quantitative estimate of drug-likeness (QED) is 0.510. The van der Waals surface area contributed by atoms with Crippen molar-refractivity contribution in [2.75, 3.05) is 24.2 Å². The van der Waals surface area contributed by atoms with Gasteiger partial charge in [0.1, 0.15) is 10.6 Å². The molecule has 2 fully saturated rings. The van der Waals surface area contributed by atoms with Gasteiger partial charge in [-0.15, -0.1) is 10.2 Å². The summed E-state index contributed by atoms with van der Waals surface area (Å²) in [4.78, 5) is 6.79. The van der Waals surface area contributed by atoms with Crippen molar-refractivity contribution >= 4 is 44.5 Å². The predicted molar refractivity (Wildman–Crippen MR) is 126 cm³/mol. The molecule has 0 spiro atoms. The van der Waals surface area contributed by atoms with Gasteiger partial charge < -0.3 is 4.90 Å². The van der Waals surface area contributed by atoms with Gasteiger partial charge in [0.25, 0.3) is 6.43 Å². The van der Waals surface area contributed by atoms with E-state index in [1.165, 1.54) is 12.4 Å². The van der Waals surface area contributed by atoms with E-state index in [0.717, 1.165) is 50.1 Å². The third-order valence-electron chi connectivity index (χ3n) is 6.21. The minimum atomic E-state index is -3.79. The summed E-state index contributed by atoms with van der Waals surface area (Å²) in [6.45, 7) is 3.45. The normalized spacial score (nSPS) is 19.0. The number of rotatable bonds is 7. The van der Waals surface area contributed by atoms with Gasteiger partial charge in [0, 0.05) is 30.1 Å². The van der Waals surface area contributed by atoms with Gasteiger partial charge in [0.05, 0.1) is 11.9 Å². The van der Waals surface area contributed by atoms with E-state index in [9.17, 15) is 17.2 Å². The van der Waals surface area contributed by atoms with E-state index in [4.69, 9.17) is 0 Å². The molecule has 3 aromatic heterocycles. The molecule has 0 bridgehead atoms. The first-order valence-corrected chi connectivity index (χ1v) is 14.2. The van der Waals surface area contributed by atoms with E-state index in [0.29, 0.717) is 22.3 Å². The summed E-state index contributed by atoms with van der Waals surface area (Å²) in [5, 5.41) is 7.93. The summed E-state index contributed by atoms with van der Waals surface area (Å²) in [5.41, 5.74) is 1.29. The summed E-state index contributed by atoms with van der Waals surface area (Å²) in [6.07, 6.45) is 5.98. The summed E-state index contributed by atoms with van der Waals surface area (Å²) < 4.78 is 57.1. The minimum Gasteiger partial charge on any atom is -0.368 e. The molecular weight excluding hydrogens is 490 g/mol. The molecule has 2 aliphatic rings. The third-order valence-corrected chi connectivity index (χ3v) is 9.91. The number of aromatic nitrogens is 4. The van der Waals surface area contributed by atoms with Gasteiger partial charge >= 0.3 is 0 Å². The number of piperidine rings is 1. The highest BCUT2D eigenvalue weighted by atomic mass is 32.2. The van der Waals surface area contributed by atoms with Crippen LogP contribution < -0.4 is 9.62 Å².